The summed E-state index contributed by atoms with van der Waals surface area (Å²) in [6, 6.07) is 22.5. The number of nitrogens with one attached hydrogen (secondary N) is 1. The summed E-state index contributed by atoms with van der Waals surface area (Å²) in [5.41, 5.74) is 3.31. The van der Waals surface area contributed by atoms with Gasteiger partial charge in [-0.2, -0.15) is 0 Å². The zero-order chi connectivity index (χ0) is 28.6. The Morgan fingerprint density at radius 1 is 0.821 bits per heavy atom. The van der Waals surface area contributed by atoms with Gasteiger partial charge in [-0.15, -0.1) is 0 Å². The molecule has 0 radical (unpaired) electrons. The standard InChI is InChI=1S/C31H39N3O4S/c1-23(2)21-32-31(36)26(5)33(20-19-27-9-7-6-8-10-27)30(35)22-34(28-15-11-24(3)12-16-28)39(37,38)29-17-13-25(4)14-18-29/h6-18,23,26H,19-22H2,1-5H3,(H,32,36)/t26-/m1/s1. The molecule has 0 aromatic heterocycles. The van der Waals surface area contributed by atoms with Crippen molar-refractivity contribution in [3.05, 3.63) is 95.6 Å². The number of carbonyl (C=O) groups excluding carboxylic acids is 2. The maximum atomic E-state index is 13.9. The second kappa shape index (κ2) is 13.4. The highest BCUT2D eigenvalue weighted by Crippen LogP contribution is 2.25. The van der Waals surface area contributed by atoms with E-state index in [0.29, 0.717) is 18.7 Å². The maximum absolute atomic E-state index is 13.9. The first-order chi connectivity index (χ1) is 18.5. The largest absolute Gasteiger partial charge is 0.354 e. The Labute approximate surface area is 232 Å². The van der Waals surface area contributed by atoms with E-state index in [0.717, 1.165) is 21.0 Å². The van der Waals surface area contributed by atoms with E-state index in [9.17, 15) is 18.0 Å². The first-order valence-electron chi connectivity index (χ1n) is 13.3. The van der Waals surface area contributed by atoms with Crippen LogP contribution in [0.15, 0.2) is 83.8 Å². The molecule has 0 saturated carbocycles. The fourth-order valence-electron chi connectivity index (χ4n) is 4.10. The van der Waals surface area contributed by atoms with Gasteiger partial charge >= 0.3 is 0 Å². The van der Waals surface area contributed by atoms with E-state index in [1.807, 2.05) is 70.2 Å². The van der Waals surface area contributed by atoms with Crippen LogP contribution >= 0.6 is 0 Å². The minimum absolute atomic E-state index is 0.0973. The zero-order valence-electron chi connectivity index (χ0n) is 23.4. The third kappa shape index (κ3) is 8.17. The van der Waals surface area contributed by atoms with Crippen molar-refractivity contribution in [3.63, 3.8) is 0 Å². The summed E-state index contributed by atoms with van der Waals surface area (Å²) < 4.78 is 28.8. The Morgan fingerprint density at radius 3 is 1.95 bits per heavy atom. The van der Waals surface area contributed by atoms with Gasteiger partial charge in [-0.1, -0.05) is 79.6 Å². The molecule has 7 nitrogen and oxygen atoms in total. The Bertz CT molecular complexity index is 1340. The number of nitrogens with zero attached hydrogens (tertiary/aromatic N) is 2. The van der Waals surface area contributed by atoms with Gasteiger partial charge in [0.1, 0.15) is 12.6 Å². The molecule has 3 rings (SSSR count). The number of amides is 2. The van der Waals surface area contributed by atoms with Crippen LogP contribution in [0.2, 0.25) is 0 Å². The summed E-state index contributed by atoms with van der Waals surface area (Å²) in [6.45, 7) is 9.80. The summed E-state index contributed by atoms with van der Waals surface area (Å²) in [4.78, 5) is 28.5. The van der Waals surface area contributed by atoms with Crippen LogP contribution in [-0.2, 0) is 26.0 Å². The topological polar surface area (TPSA) is 86.8 Å². The van der Waals surface area contributed by atoms with E-state index in [-0.39, 0.29) is 23.3 Å². The molecule has 0 unspecified atom stereocenters. The first-order valence-corrected chi connectivity index (χ1v) is 14.7. The van der Waals surface area contributed by atoms with E-state index in [1.54, 1.807) is 43.3 Å². The summed E-state index contributed by atoms with van der Waals surface area (Å²) >= 11 is 0. The van der Waals surface area contributed by atoms with E-state index < -0.39 is 28.5 Å². The van der Waals surface area contributed by atoms with E-state index in [1.165, 1.54) is 4.90 Å². The number of benzene rings is 3. The Balaban J connectivity index is 1.95. The molecule has 1 N–H and O–H groups in total. The van der Waals surface area contributed by atoms with Crippen LogP contribution in [0.1, 0.15) is 37.5 Å². The fraction of sp³-hybridized carbons (Fsp3) is 0.355. The lowest BCUT2D eigenvalue weighted by atomic mass is 10.1. The van der Waals surface area contributed by atoms with Crippen LogP contribution in [0, 0.1) is 19.8 Å². The molecular weight excluding hydrogens is 510 g/mol. The summed E-state index contributed by atoms with van der Waals surface area (Å²) in [5, 5.41) is 2.90. The zero-order valence-corrected chi connectivity index (χ0v) is 24.2. The van der Waals surface area contributed by atoms with Gasteiger partial charge in [-0.05, 0) is 62.9 Å². The number of rotatable bonds is 12. The lowest BCUT2D eigenvalue weighted by molar-refractivity contribution is -0.138. The van der Waals surface area contributed by atoms with Gasteiger partial charge in [-0.25, -0.2) is 8.42 Å². The summed E-state index contributed by atoms with van der Waals surface area (Å²) in [6.07, 6.45) is 0.531. The van der Waals surface area contributed by atoms with Crippen molar-refractivity contribution in [2.24, 2.45) is 5.92 Å². The Morgan fingerprint density at radius 2 is 1.38 bits per heavy atom. The van der Waals surface area contributed by atoms with Crippen molar-refractivity contribution in [1.29, 1.82) is 0 Å². The Kier molecular flexibility index (Phi) is 10.3. The average molecular weight is 550 g/mol. The normalized spacial score (nSPS) is 12.2. The molecule has 0 fully saturated rings. The van der Waals surface area contributed by atoms with Crippen LogP contribution in [0.3, 0.4) is 0 Å². The first kappa shape index (κ1) is 29.9. The highest BCUT2D eigenvalue weighted by molar-refractivity contribution is 7.92. The van der Waals surface area contributed by atoms with E-state index in [4.69, 9.17) is 0 Å². The third-order valence-corrected chi connectivity index (χ3v) is 8.33. The molecule has 39 heavy (non-hydrogen) atoms. The van der Waals surface area contributed by atoms with Gasteiger partial charge < -0.3 is 10.2 Å². The summed E-state index contributed by atoms with van der Waals surface area (Å²) in [7, 11) is -4.06. The van der Waals surface area contributed by atoms with Crippen LogP contribution in [0.5, 0.6) is 0 Å². The summed E-state index contributed by atoms with van der Waals surface area (Å²) in [5.74, 6) is -0.464. The Hall–Kier alpha value is -3.65. The predicted molar refractivity (Wildman–Crippen MR) is 156 cm³/mol. The SMILES string of the molecule is Cc1ccc(N(CC(=O)N(CCc2ccccc2)[C@H](C)C(=O)NCC(C)C)S(=O)(=O)c2ccc(C)cc2)cc1. The molecule has 2 amide bonds. The molecule has 8 heteroatoms. The molecule has 0 spiro atoms. The predicted octanol–water partition coefficient (Wildman–Crippen LogP) is 4.73. The molecule has 208 valence electrons. The van der Waals surface area contributed by atoms with Crippen molar-refractivity contribution in [3.8, 4) is 0 Å². The number of aryl methyl sites for hydroxylation is 2. The molecule has 0 bridgehead atoms. The maximum Gasteiger partial charge on any atom is 0.264 e. The van der Waals surface area contributed by atoms with Crippen molar-refractivity contribution in [1.82, 2.24) is 10.2 Å². The van der Waals surface area contributed by atoms with Crippen molar-refractivity contribution < 1.29 is 18.0 Å². The molecule has 1 atom stereocenters. The average Bonchev–Trinajstić information content (AvgIpc) is 2.91. The molecule has 0 saturated heterocycles. The van der Waals surface area contributed by atoms with Gasteiger partial charge in [0.15, 0.2) is 0 Å². The molecule has 0 aliphatic rings. The third-order valence-electron chi connectivity index (χ3n) is 6.55. The number of carbonyl (C=O) groups is 2. The van der Waals surface area contributed by atoms with Gasteiger partial charge in [-0.3, -0.25) is 13.9 Å². The second-order valence-corrected chi connectivity index (χ2v) is 12.2. The van der Waals surface area contributed by atoms with Crippen LogP contribution in [0.4, 0.5) is 5.69 Å². The molecule has 0 aliphatic carbocycles. The highest BCUT2D eigenvalue weighted by atomic mass is 32.2. The monoisotopic (exact) mass is 549 g/mol. The lowest BCUT2D eigenvalue weighted by Crippen LogP contribution is -2.52. The van der Waals surface area contributed by atoms with Gasteiger partial charge in [0, 0.05) is 13.1 Å². The van der Waals surface area contributed by atoms with Crippen molar-refractivity contribution in [2.75, 3.05) is 23.9 Å². The smallest absolute Gasteiger partial charge is 0.264 e. The molecule has 3 aromatic rings. The number of sulfonamides is 1. The van der Waals surface area contributed by atoms with E-state index in [2.05, 4.69) is 5.32 Å². The van der Waals surface area contributed by atoms with Gasteiger partial charge in [0.05, 0.1) is 10.6 Å². The fourth-order valence-corrected chi connectivity index (χ4v) is 5.51. The van der Waals surface area contributed by atoms with Crippen molar-refractivity contribution >= 4 is 27.5 Å². The van der Waals surface area contributed by atoms with Gasteiger partial charge in [0.2, 0.25) is 11.8 Å². The minimum Gasteiger partial charge on any atom is -0.354 e. The highest BCUT2D eigenvalue weighted by Gasteiger charge is 2.32. The van der Waals surface area contributed by atoms with Crippen LogP contribution in [0.25, 0.3) is 0 Å². The number of hydrogen-bond donors (Lipinski definition) is 1. The molecular formula is C31H39N3O4S. The number of anilines is 1. The molecule has 3 aromatic carbocycles. The van der Waals surface area contributed by atoms with E-state index >= 15 is 0 Å². The number of hydrogen-bond acceptors (Lipinski definition) is 4. The quantitative estimate of drug-likeness (QED) is 0.354. The van der Waals surface area contributed by atoms with Crippen LogP contribution < -0.4 is 9.62 Å². The molecule has 0 aliphatic heterocycles. The molecule has 0 heterocycles. The second-order valence-electron chi connectivity index (χ2n) is 10.3. The minimum atomic E-state index is -4.06. The van der Waals surface area contributed by atoms with Crippen LogP contribution in [-0.4, -0.2) is 50.8 Å². The van der Waals surface area contributed by atoms with Gasteiger partial charge in [0.25, 0.3) is 10.0 Å². The van der Waals surface area contributed by atoms with Crippen molar-refractivity contribution in [2.45, 2.75) is 52.0 Å². The lowest BCUT2D eigenvalue weighted by Gasteiger charge is -2.32.